The second-order valence-corrected chi connectivity index (χ2v) is 7.73. The molecule has 0 saturated heterocycles. The molecule has 1 saturated carbocycles. The molecule has 1 aromatic heterocycles. The summed E-state index contributed by atoms with van der Waals surface area (Å²) < 4.78 is 1.86. The third-order valence-corrected chi connectivity index (χ3v) is 4.95. The van der Waals surface area contributed by atoms with Crippen LogP contribution in [0.15, 0.2) is 13.6 Å². The first-order valence-electron chi connectivity index (χ1n) is 4.82. The van der Waals surface area contributed by atoms with Gasteiger partial charge in [0.15, 0.2) is 0 Å². The molecule has 5 heteroatoms. The fourth-order valence-corrected chi connectivity index (χ4v) is 4.57. The van der Waals surface area contributed by atoms with Crippen LogP contribution in [0.5, 0.6) is 0 Å². The topological polar surface area (TPSA) is 29.1 Å². The van der Waals surface area contributed by atoms with Crippen LogP contribution in [-0.2, 0) is 0 Å². The monoisotopic (exact) mass is 351 g/mol. The molecule has 0 unspecified atom stereocenters. The highest BCUT2D eigenvalue weighted by Crippen LogP contribution is 2.32. The molecule has 82 valence electrons. The van der Waals surface area contributed by atoms with Crippen molar-refractivity contribution in [1.82, 2.24) is 5.32 Å². The Morgan fingerprint density at radius 3 is 2.67 bits per heavy atom. The van der Waals surface area contributed by atoms with E-state index in [2.05, 4.69) is 44.1 Å². The first kappa shape index (κ1) is 11.6. The average Bonchev–Trinajstić information content (AvgIpc) is 2.42. The van der Waals surface area contributed by atoms with Crippen molar-refractivity contribution in [2.45, 2.75) is 25.8 Å². The van der Waals surface area contributed by atoms with Gasteiger partial charge in [0.2, 0.25) is 0 Å². The molecule has 0 atom stereocenters. The molecule has 2 nitrogen and oxygen atoms in total. The van der Waals surface area contributed by atoms with Crippen molar-refractivity contribution < 1.29 is 4.79 Å². The zero-order valence-corrected chi connectivity index (χ0v) is 12.2. The summed E-state index contributed by atoms with van der Waals surface area (Å²) in [6.45, 7) is 2.21. The van der Waals surface area contributed by atoms with Crippen molar-refractivity contribution in [2.24, 2.45) is 5.92 Å². The standard InChI is InChI=1S/C10H11Br2NOS/c1-5-2-6(3-5)13-10(14)7-4-8(11)15-9(7)12/h4-6H,2-3H2,1H3,(H,13,14). The van der Waals surface area contributed by atoms with Crippen LogP contribution in [0, 0.1) is 5.92 Å². The lowest BCUT2D eigenvalue weighted by atomic mass is 9.82. The van der Waals surface area contributed by atoms with E-state index in [1.165, 1.54) is 11.3 Å². The number of hydrogen-bond acceptors (Lipinski definition) is 2. The smallest absolute Gasteiger partial charge is 0.253 e. The number of nitrogens with one attached hydrogen (secondary N) is 1. The van der Waals surface area contributed by atoms with Crippen molar-refractivity contribution in [1.29, 1.82) is 0 Å². The summed E-state index contributed by atoms with van der Waals surface area (Å²) in [6.07, 6.45) is 2.21. The molecule has 0 aromatic carbocycles. The van der Waals surface area contributed by atoms with Gasteiger partial charge in [0.05, 0.1) is 13.1 Å². The number of carbonyl (C=O) groups is 1. The minimum atomic E-state index is 0.0284. The highest BCUT2D eigenvalue weighted by atomic mass is 79.9. The highest BCUT2D eigenvalue weighted by molar-refractivity contribution is 9.12. The second kappa shape index (κ2) is 4.55. The number of thiophene rings is 1. The molecular weight excluding hydrogens is 342 g/mol. The quantitative estimate of drug-likeness (QED) is 0.861. The molecule has 1 N–H and O–H groups in total. The van der Waals surface area contributed by atoms with E-state index < -0.39 is 0 Å². The second-order valence-electron chi connectivity index (χ2n) is 3.98. The van der Waals surface area contributed by atoms with Gasteiger partial charge in [-0.05, 0) is 56.7 Å². The SMILES string of the molecule is CC1CC(NC(=O)c2cc(Br)sc2Br)C1. The maximum atomic E-state index is 11.8. The first-order chi connectivity index (χ1) is 7.06. The highest BCUT2D eigenvalue weighted by Gasteiger charge is 2.27. The van der Waals surface area contributed by atoms with Crippen LogP contribution in [0.1, 0.15) is 30.1 Å². The van der Waals surface area contributed by atoms with Crippen LogP contribution in [0.25, 0.3) is 0 Å². The predicted octanol–water partition coefficient (Wildman–Crippen LogP) is 3.80. The summed E-state index contributed by atoms with van der Waals surface area (Å²) in [7, 11) is 0. The van der Waals surface area contributed by atoms with Crippen molar-refractivity contribution in [3.05, 3.63) is 19.2 Å². The molecule has 15 heavy (non-hydrogen) atoms. The van der Waals surface area contributed by atoms with E-state index in [0.29, 0.717) is 6.04 Å². The Morgan fingerprint density at radius 2 is 2.20 bits per heavy atom. The minimum Gasteiger partial charge on any atom is -0.349 e. The molecule has 1 aliphatic carbocycles. The minimum absolute atomic E-state index is 0.0284. The van der Waals surface area contributed by atoms with Gasteiger partial charge in [0, 0.05) is 6.04 Å². The van der Waals surface area contributed by atoms with Gasteiger partial charge in [-0.25, -0.2) is 0 Å². The first-order valence-corrected chi connectivity index (χ1v) is 7.22. The molecule has 0 radical (unpaired) electrons. The lowest BCUT2D eigenvalue weighted by Gasteiger charge is -2.33. The Labute approximate surface area is 110 Å². The van der Waals surface area contributed by atoms with Gasteiger partial charge in [-0.15, -0.1) is 11.3 Å². The average molecular weight is 353 g/mol. The molecule has 1 heterocycles. The van der Waals surface area contributed by atoms with Gasteiger partial charge in [0.1, 0.15) is 0 Å². The predicted molar refractivity (Wildman–Crippen MR) is 69.4 cm³/mol. The van der Waals surface area contributed by atoms with E-state index in [1.54, 1.807) is 0 Å². The number of carbonyl (C=O) groups excluding carboxylic acids is 1. The number of hydrogen-bond donors (Lipinski definition) is 1. The molecular formula is C10H11Br2NOS. The largest absolute Gasteiger partial charge is 0.349 e. The Kier molecular flexibility index (Phi) is 3.52. The van der Waals surface area contributed by atoms with Gasteiger partial charge in [-0.2, -0.15) is 0 Å². The van der Waals surface area contributed by atoms with Crippen LogP contribution in [-0.4, -0.2) is 11.9 Å². The fourth-order valence-electron chi connectivity index (χ4n) is 1.78. The normalized spacial score (nSPS) is 24.7. The van der Waals surface area contributed by atoms with Crippen molar-refractivity contribution in [3.8, 4) is 0 Å². The summed E-state index contributed by atoms with van der Waals surface area (Å²) in [4.78, 5) is 11.8. The van der Waals surface area contributed by atoms with E-state index in [1.807, 2.05) is 6.07 Å². The van der Waals surface area contributed by atoms with Crippen LogP contribution < -0.4 is 5.32 Å². The Balaban J connectivity index is 1.99. The summed E-state index contributed by atoms with van der Waals surface area (Å²) in [6, 6.07) is 2.23. The third kappa shape index (κ3) is 2.63. The summed E-state index contributed by atoms with van der Waals surface area (Å²) in [5.74, 6) is 0.786. The summed E-state index contributed by atoms with van der Waals surface area (Å²) >= 11 is 8.28. The van der Waals surface area contributed by atoms with Gasteiger partial charge in [-0.3, -0.25) is 4.79 Å². The van der Waals surface area contributed by atoms with E-state index in [-0.39, 0.29) is 5.91 Å². The molecule has 1 amide bonds. The molecule has 0 bridgehead atoms. The van der Waals surface area contributed by atoms with Crippen LogP contribution in [0.4, 0.5) is 0 Å². The van der Waals surface area contributed by atoms with E-state index in [0.717, 1.165) is 31.9 Å². The maximum Gasteiger partial charge on any atom is 0.253 e. The Bertz CT molecular complexity index is 385. The zero-order chi connectivity index (χ0) is 11.0. The molecule has 1 aliphatic rings. The number of halogens is 2. The molecule has 0 aliphatic heterocycles. The van der Waals surface area contributed by atoms with Gasteiger partial charge in [-0.1, -0.05) is 6.92 Å². The van der Waals surface area contributed by atoms with Crippen molar-refractivity contribution in [2.75, 3.05) is 0 Å². The number of amides is 1. The Morgan fingerprint density at radius 1 is 1.53 bits per heavy atom. The van der Waals surface area contributed by atoms with Crippen LogP contribution >= 0.6 is 43.2 Å². The summed E-state index contributed by atoms with van der Waals surface area (Å²) in [5.41, 5.74) is 0.728. The molecule has 1 aromatic rings. The maximum absolute atomic E-state index is 11.8. The third-order valence-electron chi connectivity index (χ3n) is 2.61. The van der Waals surface area contributed by atoms with E-state index >= 15 is 0 Å². The lowest BCUT2D eigenvalue weighted by molar-refractivity contribution is 0.0896. The molecule has 0 spiro atoms. The molecule has 1 fully saturated rings. The van der Waals surface area contributed by atoms with E-state index in [9.17, 15) is 4.79 Å². The lowest BCUT2D eigenvalue weighted by Crippen LogP contribution is -2.43. The van der Waals surface area contributed by atoms with Crippen molar-refractivity contribution in [3.63, 3.8) is 0 Å². The summed E-state index contributed by atoms with van der Waals surface area (Å²) in [5, 5.41) is 3.03. The number of rotatable bonds is 2. The van der Waals surface area contributed by atoms with Gasteiger partial charge >= 0.3 is 0 Å². The Hall–Kier alpha value is 0.130. The fraction of sp³-hybridized carbons (Fsp3) is 0.500. The van der Waals surface area contributed by atoms with Crippen molar-refractivity contribution >= 4 is 49.1 Å². The molecule has 2 rings (SSSR count). The van der Waals surface area contributed by atoms with Gasteiger partial charge < -0.3 is 5.32 Å². The zero-order valence-electron chi connectivity index (χ0n) is 8.22. The van der Waals surface area contributed by atoms with Crippen LogP contribution in [0.2, 0.25) is 0 Å². The van der Waals surface area contributed by atoms with Gasteiger partial charge in [0.25, 0.3) is 5.91 Å². The van der Waals surface area contributed by atoms with Crippen LogP contribution in [0.3, 0.4) is 0 Å². The van der Waals surface area contributed by atoms with E-state index in [4.69, 9.17) is 0 Å².